The van der Waals surface area contributed by atoms with Crippen molar-refractivity contribution < 1.29 is 4.79 Å². The topological polar surface area (TPSA) is 57.8 Å². The number of imidazole rings is 1. The molecule has 19 heavy (non-hydrogen) atoms. The van der Waals surface area contributed by atoms with Crippen LogP contribution in [0, 0.1) is 10.7 Å². The molecule has 0 atom stereocenters. The van der Waals surface area contributed by atoms with E-state index in [1.54, 1.807) is 12.5 Å². The van der Waals surface area contributed by atoms with Gasteiger partial charge in [-0.1, -0.05) is 0 Å². The molecule has 2 N–H and O–H groups in total. The Morgan fingerprint density at radius 1 is 1.32 bits per heavy atom. The summed E-state index contributed by atoms with van der Waals surface area (Å²) in [6.07, 6.45) is 4.16. The van der Waals surface area contributed by atoms with Gasteiger partial charge in [-0.05, 0) is 79.9 Å². The highest BCUT2D eigenvalue weighted by atomic mass is 127. The van der Waals surface area contributed by atoms with Gasteiger partial charge in [0.25, 0.3) is 5.91 Å². The molecule has 2 rings (SSSR count). The van der Waals surface area contributed by atoms with Crippen LogP contribution < -0.4 is 5.32 Å². The summed E-state index contributed by atoms with van der Waals surface area (Å²) in [6, 6.07) is 3.97. The maximum atomic E-state index is 12.2. The van der Waals surface area contributed by atoms with Gasteiger partial charge in [-0.15, -0.1) is 0 Å². The van der Waals surface area contributed by atoms with Crippen LogP contribution in [0.4, 0.5) is 0 Å². The van der Waals surface area contributed by atoms with Gasteiger partial charge in [-0.25, -0.2) is 4.98 Å². The number of amides is 1. The van der Waals surface area contributed by atoms with Gasteiger partial charge in [0.05, 0.1) is 11.9 Å². The largest absolute Gasteiger partial charge is 0.352 e. The third-order valence-corrected chi connectivity index (χ3v) is 6.14. The minimum Gasteiger partial charge on any atom is -0.352 e. The van der Waals surface area contributed by atoms with E-state index in [4.69, 9.17) is 0 Å². The van der Waals surface area contributed by atoms with Gasteiger partial charge in [0.2, 0.25) is 0 Å². The molecule has 0 radical (unpaired) electrons. The van der Waals surface area contributed by atoms with Crippen molar-refractivity contribution in [3.8, 4) is 0 Å². The summed E-state index contributed by atoms with van der Waals surface area (Å²) in [6.45, 7) is 0.596. The molecule has 0 spiro atoms. The van der Waals surface area contributed by atoms with Crippen LogP contribution in [0.1, 0.15) is 16.1 Å². The molecule has 0 aliphatic heterocycles. The Kier molecular flexibility index (Phi) is 5.87. The van der Waals surface area contributed by atoms with Gasteiger partial charge in [0, 0.05) is 35.6 Å². The number of aromatic amines is 1. The predicted octanol–water partition coefficient (Wildman–Crippen LogP) is 3.20. The maximum Gasteiger partial charge on any atom is 0.252 e. The summed E-state index contributed by atoms with van der Waals surface area (Å²) >= 11 is 6.69. The van der Waals surface area contributed by atoms with E-state index in [1.165, 1.54) is 0 Å². The van der Waals surface area contributed by atoms with Gasteiger partial charge in [-0.2, -0.15) is 0 Å². The zero-order valence-electron chi connectivity index (χ0n) is 9.71. The van der Waals surface area contributed by atoms with Crippen molar-refractivity contribution >= 4 is 73.7 Å². The highest BCUT2D eigenvalue weighted by molar-refractivity contribution is 14.1. The van der Waals surface area contributed by atoms with Gasteiger partial charge < -0.3 is 10.3 Å². The molecule has 1 aromatic heterocycles. The molecule has 0 bridgehead atoms. The molecular weight excluding hydrogens is 583 g/mol. The van der Waals surface area contributed by atoms with Crippen LogP contribution in [0.15, 0.2) is 24.7 Å². The molecule has 0 saturated heterocycles. The molecule has 1 aromatic carbocycles. The van der Waals surface area contributed by atoms with Crippen molar-refractivity contribution in [1.82, 2.24) is 15.3 Å². The predicted molar refractivity (Wildman–Crippen MR) is 99.2 cm³/mol. The van der Waals surface area contributed by atoms with Gasteiger partial charge in [-0.3, -0.25) is 4.79 Å². The minimum absolute atomic E-state index is 0.0275. The fraction of sp³-hybridized carbons (Fsp3) is 0.167. The zero-order chi connectivity index (χ0) is 13.8. The van der Waals surface area contributed by atoms with Crippen LogP contribution in [-0.4, -0.2) is 22.4 Å². The molecule has 0 fully saturated rings. The lowest BCUT2D eigenvalue weighted by atomic mass is 10.2. The van der Waals surface area contributed by atoms with Crippen LogP contribution in [0.5, 0.6) is 0 Å². The second kappa shape index (κ2) is 7.20. The first-order chi connectivity index (χ1) is 9.08. The number of rotatable bonds is 4. The first kappa shape index (κ1) is 15.5. The zero-order valence-corrected chi connectivity index (χ0v) is 16.2. The average molecular weight is 593 g/mol. The standard InChI is InChI=1S/C12H10I3N3O/c13-7-3-9(11(15)10(14)4-7)12(19)17-2-1-8-5-16-6-18-8/h3-6H,1-2H2,(H,16,18)(H,17,19). The number of halogens is 3. The van der Waals surface area contributed by atoms with Crippen molar-refractivity contribution in [1.29, 1.82) is 0 Å². The van der Waals surface area contributed by atoms with Crippen molar-refractivity contribution in [3.63, 3.8) is 0 Å². The summed E-state index contributed by atoms with van der Waals surface area (Å²) in [5.74, 6) is -0.0275. The number of nitrogens with one attached hydrogen (secondary N) is 2. The van der Waals surface area contributed by atoms with E-state index in [9.17, 15) is 4.79 Å². The summed E-state index contributed by atoms with van der Waals surface area (Å²) in [7, 11) is 0. The second-order valence-electron chi connectivity index (χ2n) is 3.83. The van der Waals surface area contributed by atoms with E-state index in [-0.39, 0.29) is 5.91 Å². The van der Waals surface area contributed by atoms with E-state index in [1.807, 2.05) is 6.07 Å². The lowest BCUT2D eigenvalue weighted by Crippen LogP contribution is -2.26. The SMILES string of the molecule is O=C(NCCc1cnc[nH]1)c1cc(I)cc(I)c1I. The van der Waals surface area contributed by atoms with E-state index in [0.717, 1.165) is 28.4 Å². The molecule has 0 saturated carbocycles. The number of aromatic nitrogens is 2. The van der Waals surface area contributed by atoms with Gasteiger partial charge in [0.15, 0.2) is 0 Å². The first-order valence-electron chi connectivity index (χ1n) is 5.48. The van der Waals surface area contributed by atoms with Gasteiger partial charge >= 0.3 is 0 Å². The van der Waals surface area contributed by atoms with E-state index in [2.05, 4.69) is 89.1 Å². The quantitative estimate of drug-likeness (QED) is 0.423. The summed E-state index contributed by atoms with van der Waals surface area (Å²) in [4.78, 5) is 19.1. The number of hydrogen-bond donors (Lipinski definition) is 2. The third kappa shape index (κ3) is 4.28. The molecule has 0 aliphatic carbocycles. The Morgan fingerprint density at radius 3 is 2.79 bits per heavy atom. The molecular formula is C12H10I3N3O. The van der Waals surface area contributed by atoms with Crippen LogP contribution in [-0.2, 0) is 6.42 Å². The molecule has 100 valence electrons. The molecule has 0 aliphatic rings. The number of nitrogens with zero attached hydrogens (tertiary/aromatic N) is 1. The Labute approximate surface area is 152 Å². The summed E-state index contributed by atoms with van der Waals surface area (Å²) in [5, 5.41) is 2.93. The monoisotopic (exact) mass is 593 g/mol. The molecule has 0 unspecified atom stereocenters. The Morgan fingerprint density at radius 2 is 2.11 bits per heavy atom. The number of H-pyrrole nitrogens is 1. The summed E-state index contributed by atoms with van der Waals surface area (Å²) in [5.41, 5.74) is 1.76. The highest BCUT2D eigenvalue weighted by Crippen LogP contribution is 2.22. The van der Waals surface area contributed by atoms with Crippen molar-refractivity contribution in [3.05, 3.63) is 46.6 Å². The number of carbonyl (C=O) groups excluding carboxylic acids is 1. The number of hydrogen-bond acceptors (Lipinski definition) is 2. The molecule has 2 aromatic rings. The maximum absolute atomic E-state index is 12.2. The molecule has 1 amide bonds. The highest BCUT2D eigenvalue weighted by Gasteiger charge is 2.13. The Bertz CT molecular complexity index is 584. The van der Waals surface area contributed by atoms with E-state index < -0.39 is 0 Å². The van der Waals surface area contributed by atoms with E-state index in [0.29, 0.717) is 6.54 Å². The molecule has 1 heterocycles. The Hall–Kier alpha value is 0.0900. The van der Waals surface area contributed by atoms with Crippen LogP contribution >= 0.6 is 67.8 Å². The average Bonchev–Trinajstić information content (AvgIpc) is 2.86. The van der Waals surface area contributed by atoms with Crippen LogP contribution in [0.2, 0.25) is 0 Å². The first-order valence-corrected chi connectivity index (χ1v) is 8.71. The smallest absolute Gasteiger partial charge is 0.252 e. The van der Waals surface area contributed by atoms with Crippen molar-refractivity contribution in [2.24, 2.45) is 0 Å². The number of carbonyl (C=O) groups is 1. The Balaban J connectivity index is 2.00. The lowest BCUT2D eigenvalue weighted by molar-refractivity contribution is 0.0953. The number of benzene rings is 1. The normalized spacial score (nSPS) is 10.5. The van der Waals surface area contributed by atoms with E-state index >= 15 is 0 Å². The van der Waals surface area contributed by atoms with Crippen molar-refractivity contribution in [2.75, 3.05) is 6.54 Å². The fourth-order valence-electron chi connectivity index (χ4n) is 1.55. The fourth-order valence-corrected chi connectivity index (χ4v) is 3.95. The molecule has 4 nitrogen and oxygen atoms in total. The van der Waals surface area contributed by atoms with Gasteiger partial charge in [0.1, 0.15) is 0 Å². The summed E-state index contributed by atoms with van der Waals surface area (Å²) < 4.78 is 3.17. The molecule has 7 heteroatoms. The lowest BCUT2D eigenvalue weighted by Gasteiger charge is -2.08. The van der Waals surface area contributed by atoms with Crippen molar-refractivity contribution in [2.45, 2.75) is 6.42 Å². The minimum atomic E-state index is -0.0275. The van der Waals surface area contributed by atoms with Crippen LogP contribution in [0.25, 0.3) is 0 Å². The second-order valence-corrected chi connectivity index (χ2v) is 7.32. The van der Waals surface area contributed by atoms with Crippen LogP contribution in [0.3, 0.4) is 0 Å². The third-order valence-electron chi connectivity index (χ3n) is 2.47.